The van der Waals surface area contributed by atoms with Gasteiger partial charge >= 0.3 is 11.9 Å². The number of nitrogens with zero attached hydrogens (tertiary/aromatic N) is 2. The summed E-state index contributed by atoms with van der Waals surface area (Å²) in [7, 11) is 0.159. The van der Waals surface area contributed by atoms with E-state index in [2.05, 4.69) is 6.92 Å². The van der Waals surface area contributed by atoms with Gasteiger partial charge in [0.2, 0.25) is 0 Å². The molecule has 0 fully saturated rings. The van der Waals surface area contributed by atoms with Crippen LogP contribution in [-0.2, 0) is 19.4 Å². The first kappa shape index (κ1) is 36.3. The minimum absolute atomic E-state index is 0.0780. The molecule has 0 radical (unpaired) electrons. The first-order valence-corrected chi connectivity index (χ1v) is 17.6. The van der Waals surface area contributed by atoms with Crippen molar-refractivity contribution in [1.29, 1.82) is 0 Å². The van der Waals surface area contributed by atoms with Gasteiger partial charge in [0.25, 0.3) is 0 Å². The molecule has 0 bridgehead atoms. The number of anilines is 1. The van der Waals surface area contributed by atoms with Crippen LogP contribution >= 0.6 is 0 Å². The molecule has 1 aliphatic rings. The Bertz CT molecular complexity index is 1360. The maximum atomic E-state index is 13.9. The molecule has 0 aromatic heterocycles. The highest BCUT2D eigenvalue weighted by Gasteiger charge is 2.49. The van der Waals surface area contributed by atoms with Gasteiger partial charge in [0.1, 0.15) is 5.75 Å². The van der Waals surface area contributed by atoms with E-state index in [-0.39, 0.29) is 23.7 Å². The third-order valence-corrected chi connectivity index (χ3v) is 10.7. The number of carboxylic acid groups (broad SMARTS) is 2. The van der Waals surface area contributed by atoms with E-state index >= 15 is 0 Å². The molecule has 0 aliphatic carbocycles. The standard InChI is InChI=1S/C34H50N2O8S/c1-5-7-18-34(17-6-2)24-45(42,43)29-16-13-26(35(3)4)21-28(29)32(33(34)41)25-11-14-27(15-12-25)44-20-10-8-9-19-36(22-30(37)38)23-31(39)40/h11-16,21,32-33,41H,5-10,17-20,22-24H2,1-4H3,(H,37,38)(H,39,40)/t32-,33-,34?/m1/s1. The average molecular weight is 647 g/mol. The molecule has 0 amide bonds. The largest absolute Gasteiger partial charge is 0.494 e. The predicted octanol–water partition coefficient (Wildman–Crippen LogP) is 5.03. The second-order valence-electron chi connectivity index (χ2n) is 12.5. The number of unbranched alkanes of at least 4 members (excludes halogenated alkanes) is 3. The lowest BCUT2D eigenvalue weighted by atomic mass is 9.68. The molecule has 2 aromatic carbocycles. The molecular formula is C34H50N2O8S. The molecule has 3 atom stereocenters. The average Bonchev–Trinajstić information content (AvgIpc) is 3.04. The van der Waals surface area contributed by atoms with Crippen LogP contribution in [0.4, 0.5) is 5.69 Å². The van der Waals surface area contributed by atoms with Crippen LogP contribution in [0.25, 0.3) is 0 Å². The molecule has 10 nitrogen and oxygen atoms in total. The van der Waals surface area contributed by atoms with E-state index in [0.29, 0.717) is 50.1 Å². The summed E-state index contributed by atoms with van der Waals surface area (Å²) in [6.45, 7) is 4.32. The molecule has 3 N–H and O–H groups in total. The summed E-state index contributed by atoms with van der Waals surface area (Å²) in [5, 5.41) is 30.2. The number of sulfone groups is 1. The molecule has 1 heterocycles. The van der Waals surface area contributed by atoms with Crippen molar-refractivity contribution in [2.45, 2.75) is 82.1 Å². The summed E-state index contributed by atoms with van der Waals surface area (Å²) in [5.41, 5.74) is 1.55. The highest BCUT2D eigenvalue weighted by atomic mass is 32.2. The van der Waals surface area contributed by atoms with Gasteiger partial charge < -0.3 is 25.0 Å². The fourth-order valence-electron chi connectivity index (χ4n) is 6.53. The van der Waals surface area contributed by atoms with E-state index in [0.717, 1.165) is 36.9 Å². The van der Waals surface area contributed by atoms with Crippen molar-refractivity contribution >= 4 is 27.5 Å². The van der Waals surface area contributed by atoms with E-state index in [9.17, 15) is 23.1 Å². The first-order chi connectivity index (χ1) is 21.3. The number of carbonyl (C=O) groups is 2. The summed E-state index contributed by atoms with van der Waals surface area (Å²) >= 11 is 0. The number of aliphatic carboxylic acids is 2. The van der Waals surface area contributed by atoms with Crippen molar-refractivity contribution in [1.82, 2.24) is 4.90 Å². The van der Waals surface area contributed by atoms with Crippen molar-refractivity contribution < 1.29 is 38.1 Å². The molecule has 1 aliphatic heterocycles. The normalized spacial score (nSPS) is 20.8. The molecule has 0 spiro atoms. The van der Waals surface area contributed by atoms with Gasteiger partial charge in [-0.05, 0) is 80.1 Å². The number of hydrogen-bond donors (Lipinski definition) is 3. The molecule has 45 heavy (non-hydrogen) atoms. The zero-order chi connectivity index (χ0) is 33.2. The summed E-state index contributed by atoms with van der Waals surface area (Å²) in [4.78, 5) is 25.6. The minimum atomic E-state index is -3.66. The number of carboxylic acids is 2. The van der Waals surface area contributed by atoms with Crippen LogP contribution in [0.5, 0.6) is 5.75 Å². The van der Waals surface area contributed by atoms with E-state index in [1.54, 1.807) is 6.07 Å². The Balaban J connectivity index is 1.81. The van der Waals surface area contributed by atoms with Gasteiger partial charge in [-0.15, -0.1) is 0 Å². The SMILES string of the molecule is CCCCC1(CCC)CS(=O)(=O)c2ccc(N(C)C)cc2[C@@H](c2ccc(OCCCCCN(CC(=O)O)CC(=O)O)cc2)[C@H]1O. The molecular weight excluding hydrogens is 596 g/mol. The summed E-state index contributed by atoms with van der Waals surface area (Å²) in [5.74, 6) is -2.07. The van der Waals surface area contributed by atoms with Crippen molar-refractivity contribution in [3.63, 3.8) is 0 Å². The maximum absolute atomic E-state index is 13.9. The highest BCUT2D eigenvalue weighted by Crippen LogP contribution is 2.50. The number of fused-ring (bicyclic) bond motifs is 1. The number of aliphatic hydroxyl groups excluding tert-OH is 1. The highest BCUT2D eigenvalue weighted by molar-refractivity contribution is 7.91. The molecule has 2 aromatic rings. The van der Waals surface area contributed by atoms with Crippen molar-refractivity contribution in [2.24, 2.45) is 5.41 Å². The van der Waals surface area contributed by atoms with E-state index < -0.39 is 39.2 Å². The summed E-state index contributed by atoms with van der Waals surface area (Å²) < 4.78 is 33.8. The Labute approximate surface area is 267 Å². The van der Waals surface area contributed by atoms with E-state index in [1.807, 2.05) is 62.3 Å². The Morgan fingerprint density at radius 3 is 2.16 bits per heavy atom. The molecule has 1 unspecified atom stereocenters. The van der Waals surface area contributed by atoms with Crippen LogP contribution in [0, 0.1) is 5.41 Å². The van der Waals surface area contributed by atoms with Gasteiger partial charge in [-0.3, -0.25) is 14.5 Å². The number of hydrogen-bond acceptors (Lipinski definition) is 8. The Morgan fingerprint density at radius 1 is 0.911 bits per heavy atom. The van der Waals surface area contributed by atoms with Crippen molar-refractivity contribution in [3.8, 4) is 5.75 Å². The second kappa shape index (κ2) is 16.4. The topological polar surface area (TPSA) is 145 Å². The lowest BCUT2D eigenvalue weighted by Crippen LogP contribution is -2.43. The van der Waals surface area contributed by atoms with E-state index in [1.165, 1.54) is 4.90 Å². The van der Waals surface area contributed by atoms with Crippen LogP contribution in [0.3, 0.4) is 0 Å². The van der Waals surface area contributed by atoms with Crippen LogP contribution in [-0.4, -0.2) is 92.8 Å². The third-order valence-electron chi connectivity index (χ3n) is 8.72. The first-order valence-electron chi connectivity index (χ1n) is 15.9. The second-order valence-corrected chi connectivity index (χ2v) is 14.4. The van der Waals surface area contributed by atoms with Gasteiger partial charge in [-0.2, -0.15) is 0 Å². The van der Waals surface area contributed by atoms with Gasteiger partial charge in [0.15, 0.2) is 9.84 Å². The summed E-state index contributed by atoms with van der Waals surface area (Å²) in [6, 6.07) is 13.0. The molecule has 11 heteroatoms. The fraction of sp³-hybridized carbons (Fsp3) is 0.588. The van der Waals surface area contributed by atoms with Gasteiger partial charge in [0, 0.05) is 31.1 Å². The number of aliphatic hydroxyl groups is 1. The Kier molecular flexibility index (Phi) is 13.3. The van der Waals surface area contributed by atoms with Gasteiger partial charge in [0.05, 0.1) is 36.4 Å². The lowest BCUT2D eigenvalue weighted by molar-refractivity contribution is -0.141. The maximum Gasteiger partial charge on any atom is 0.317 e. The number of rotatable bonds is 18. The molecule has 0 saturated heterocycles. The van der Waals surface area contributed by atoms with Crippen molar-refractivity contribution in [3.05, 3.63) is 53.6 Å². The number of benzene rings is 2. The van der Waals surface area contributed by atoms with Crippen molar-refractivity contribution in [2.75, 3.05) is 51.0 Å². The quantitative estimate of drug-likeness (QED) is 0.189. The zero-order valence-corrected chi connectivity index (χ0v) is 27.9. The monoisotopic (exact) mass is 646 g/mol. The van der Waals surface area contributed by atoms with Crippen LogP contribution in [0.1, 0.15) is 82.3 Å². The molecule has 3 rings (SSSR count). The van der Waals surface area contributed by atoms with Crippen LogP contribution in [0.15, 0.2) is 47.4 Å². The zero-order valence-electron chi connectivity index (χ0n) is 27.1. The minimum Gasteiger partial charge on any atom is -0.494 e. The summed E-state index contributed by atoms with van der Waals surface area (Å²) in [6.07, 6.45) is 4.98. The molecule has 0 saturated carbocycles. The lowest BCUT2D eigenvalue weighted by Gasteiger charge is -2.40. The Hall–Kier alpha value is -3.15. The third kappa shape index (κ3) is 9.67. The smallest absolute Gasteiger partial charge is 0.317 e. The fourth-order valence-corrected chi connectivity index (χ4v) is 8.72. The van der Waals surface area contributed by atoms with E-state index in [4.69, 9.17) is 14.9 Å². The van der Waals surface area contributed by atoms with Gasteiger partial charge in [-0.1, -0.05) is 45.2 Å². The predicted molar refractivity (Wildman–Crippen MR) is 175 cm³/mol. The van der Waals surface area contributed by atoms with Gasteiger partial charge in [-0.25, -0.2) is 8.42 Å². The molecule has 250 valence electrons. The number of ether oxygens (including phenoxy) is 1. The van der Waals surface area contributed by atoms with Crippen LogP contribution < -0.4 is 9.64 Å². The van der Waals surface area contributed by atoms with Crippen LogP contribution in [0.2, 0.25) is 0 Å². The Morgan fingerprint density at radius 2 is 1.58 bits per heavy atom.